The molecule has 1 aromatic heterocycles. The van der Waals surface area contributed by atoms with Crippen molar-refractivity contribution < 1.29 is 23.7 Å². The minimum Gasteiger partial charge on any atom is -0.495 e. The number of carbonyl (C=O) groups is 1. The lowest BCUT2D eigenvalue weighted by Gasteiger charge is -2.13. The van der Waals surface area contributed by atoms with Gasteiger partial charge in [-0.15, -0.1) is 0 Å². The Morgan fingerprint density at radius 3 is 2.11 bits per heavy atom. The van der Waals surface area contributed by atoms with Gasteiger partial charge in [-0.1, -0.05) is 36.4 Å². The van der Waals surface area contributed by atoms with E-state index in [1.165, 1.54) is 6.08 Å². The van der Waals surface area contributed by atoms with E-state index in [-0.39, 0.29) is 5.91 Å². The first-order valence-corrected chi connectivity index (χ1v) is 11.7. The third-order valence-electron chi connectivity index (χ3n) is 5.98. The quantitative estimate of drug-likeness (QED) is 0.225. The third-order valence-corrected chi connectivity index (χ3v) is 5.98. The van der Waals surface area contributed by atoms with Crippen LogP contribution < -0.4 is 24.3 Å². The number of anilines is 1. The van der Waals surface area contributed by atoms with Crippen molar-refractivity contribution in [1.29, 1.82) is 0 Å². The Hall–Kier alpha value is -4.65. The number of aryl methyl sites for hydroxylation is 1. The smallest absolute Gasteiger partial charge is 0.248 e. The second-order valence-corrected chi connectivity index (χ2v) is 8.29. The molecule has 1 amide bonds. The number of nitrogens with zero attached hydrogens (tertiary/aromatic N) is 1. The molecule has 0 aliphatic rings. The highest BCUT2D eigenvalue weighted by Crippen LogP contribution is 2.38. The summed E-state index contributed by atoms with van der Waals surface area (Å²) in [6.45, 7) is 0. The van der Waals surface area contributed by atoms with Crippen LogP contribution in [0.5, 0.6) is 23.0 Å². The third kappa shape index (κ3) is 5.62. The van der Waals surface area contributed by atoms with Crippen LogP contribution >= 0.6 is 0 Å². The molecule has 0 unspecified atom stereocenters. The highest BCUT2D eigenvalue weighted by Gasteiger charge is 2.12. The molecular formula is C30H30N2O5. The van der Waals surface area contributed by atoms with E-state index >= 15 is 0 Å². The molecule has 0 aliphatic carbocycles. The average Bonchev–Trinajstić information content (AvgIpc) is 3.25. The fourth-order valence-corrected chi connectivity index (χ4v) is 4.15. The molecule has 0 aliphatic heterocycles. The van der Waals surface area contributed by atoms with E-state index in [2.05, 4.69) is 11.4 Å². The van der Waals surface area contributed by atoms with Crippen molar-refractivity contribution in [2.75, 3.05) is 33.8 Å². The van der Waals surface area contributed by atoms with Crippen LogP contribution in [0.15, 0.2) is 66.9 Å². The van der Waals surface area contributed by atoms with Crippen LogP contribution in [0.4, 0.5) is 5.69 Å². The van der Waals surface area contributed by atoms with Crippen molar-refractivity contribution in [3.05, 3.63) is 83.6 Å². The van der Waals surface area contributed by atoms with Crippen LogP contribution in [0.25, 0.3) is 29.1 Å². The van der Waals surface area contributed by atoms with Crippen LogP contribution in [-0.4, -0.2) is 38.9 Å². The zero-order chi connectivity index (χ0) is 26.4. The minimum absolute atomic E-state index is 0.244. The number of aromatic nitrogens is 1. The molecule has 7 nitrogen and oxygen atoms in total. The molecule has 0 saturated carbocycles. The Balaban J connectivity index is 1.50. The van der Waals surface area contributed by atoms with Gasteiger partial charge in [-0.3, -0.25) is 4.79 Å². The molecule has 4 aromatic rings. The van der Waals surface area contributed by atoms with Crippen LogP contribution in [0.2, 0.25) is 0 Å². The van der Waals surface area contributed by atoms with Crippen LogP contribution in [0.3, 0.4) is 0 Å². The lowest BCUT2D eigenvalue weighted by atomic mass is 10.1. The monoisotopic (exact) mass is 498 g/mol. The first-order chi connectivity index (χ1) is 18.0. The van der Waals surface area contributed by atoms with Gasteiger partial charge in [-0.05, 0) is 47.5 Å². The first kappa shape index (κ1) is 25.4. The highest BCUT2D eigenvalue weighted by atomic mass is 16.5. The summed E-state index contributed by atoms with van der Waals surface area (Å²) in [7, 11) is 8.30. The highest BCUT2D eigenvalue weighted by molar-refractivity contribution is 6.04. The molecular weight excluding hydrogens is 468 g/mol. The first-order valence-electron chi connectivity index (χ1n) is 11.7. The van der Waals surface area contributed by atoms with Crippen molar-refractivity contribution in [2.45, 2.75) is 0 Å². The molecule has 3 aromatic carbocycles. The SMILES string of the molecule is COc1cc(C=Cc2cc(OC)c(OC)c(OC)c2)ccc1NC(=O)/C=C/c1cn(C)c2ccccc12. The predicted octanol–water partition coefficient (Wildman–Crippen LogP) is 6.04. The Morgan fingerprint density at radius 1 is 0.784 bits per heavy atom. The zero-order valence-corrected chi connectivity index (χ0v) is 21.6. The van der Waals surface area contributed by atoms with Gasteiger partial charge >= 0.3 is 0 Å². The summed E-state index contributed by atoms with van der Waals surface area (Å²) < 4.78 is 23.8. The van der Waals surface area contributed by atoms with Crippen molar-refractivity contribution in [2.24, 2.45) is 7.05 Å². The van der Waals surface area contributed by atoms with Gasteiger partial charge in [0.1, 0.15) is 5.75 Å². The number of fused-ring (bicyclic) bond motifs is 1. The van der Waals surface area contributed by atoms with Gasteiger partial charge in [0.25, 0.3) is 0 Å². The summed E-state index contributed by atoms with van der Waals surface area (Å²) in [6.07, 6.45) is 9.22. The number of carbonyl (C=O) groups excluding carboxylic acids is 1. The number of hydrogen-bond acceptors (Lipinski definition) is 5. The van der Waals surface area contributed by atoms with E-state index in [1.54, 1.807) is 28.4 Å². The summed E-state index contributed by atoms with van der Waals surface area (Å²) in [4.78, 5) is 12.7. The van der Waals surface area contributed by atoms with Crippen LogP contribution in [0.1, 0.15) is 16.7 Å². The number of benzene rings is 3. The van der Waals surface area contributed by atoms with E-state index in [0.29, 0.717) is 28.7 Å². The largest absolute Gasteiger partial charge is 0.495 e. The van der Waals surface area contributed by atoms with Crippen molar-refractivity contribution in [3.63, 3.8) is 0 Å². The number of para-hydroxylation sites is 1. The van der Waals surface area contributed by atoms with Gasteiger partial charge in [-0.2, -0.15) is 0 Å². The zero-order valence-electron chi connectivity index (χ0n) is 21.6. The maximum Gasteiger partial charge on any atom is 0.248 e. The van der Waals surface area contributed by atoms with Crippen LogP contribution in [0, 0.1) is 0 Å². The number of rotatable bonds is 9. The number of amides is 1. The number of hydrogen-bond donors (Lipinski definition) is 1. The van der Waals surface area contributed by atoms with E-state index in [9.17, 15) is 4.79 Å². The Morgan fingerprint density at radius 2 is 1.43 bits per heavy atom. The van der Waals surface area contributed by atoms with E-state index in [1.807, 2.05) is 84.6 Å². The van der Waals surface area contributed by atoms with Gasteiger partial charge in [0.15, 0.2) is 11.5 Å². The molecule has 37 heavy (non-hydrogen) atoms. The summed E-state index contributed by atoms with van der Waals surface area (Å²) >= 11 is 0. The van der Waals surface area contributed by atoms with Crippen molar-refractivity contribution in [3.8, 4) is 23.0 Å². The molecule has 0 radical (unpaired) electrons. The second-order valence-electron chi connectivity index (χ2n) is 8.29. The number of nitrogens with one attached hydrogen (secondary N) is 1. The lowest BCUT2D eigenvalue weighted by molar-refractivity contribution is -0.111. The summed E-state index contributed by atoms with van der Waals surface area (Å²) in [6, 6.07) is 17.4. The van der Waals surface area contributed by atoms with Gasteiger partial charge in [0.2, 0.25) is 11.7 Å². The normalized spacial score (nSPS) is 11.3. The fraction of sp³-hybridized carbons (Fsp3) is 0.167. The van der Waals surface area contributed by atoms with Crippen LogP contribution in [-0.2, 0) is 11.8 Å². The summed E-state index contributed by atoms with van der Waals surface area (Å²) in [5.41, 5.74) is 4.45. The summed E-state index contributed by atoms with van der Waals surface area (Å²) in [5, 5.41) is 3.99. The predicted molar refractivity (Wildman–Crippen MR) is 149 cm³/mol. The standard InChI is InChI=1S/C30H30N2O5/c1-32-19-22(23-8-6-7-9-25(23)32)13-15-29(33)31-24-14-12-20(16-26(24)34-2)10-11-21-17-27(35-3)30(37-5)28(18-21)36-4/h6-19H,1-5H3,(H,31,33)/b11-10?,15-13+. The number of ether oxygens (including phenoxy) is 4. The molecule has 1 heterocycles. The molecule has 7 heteroatoms. The van der Waals surface area contributed by atoms with E-state index < -0.39 is 0 Å². The van der Waals surface area contributed by atoms with Crippen molar-refractivity contribution >= 4 is 40.7 Å². The second kappa shape index (κ2) is 11.4. The molecule has 0 atom stereocenters. The minimum atomic E-state index is -0.244. The maximum absolute atomic E-state index is 12.7. The van der Waals surface area contributed by atoms with Gasteiger partial charge < -0.3 is 28.8 Å². The molecule has 4 rings (SSSR count). The summed E-state index contributed by atoms with van der Waals surface area (Å²) in [5.74, 6) is 2.01. The fourth-order valence-electron chi connectivity index (χ4n) is 4.15. The van der Waals surface area contributed by atoms with E-state index in [0.717, 1.165) is 27.6 Å². The number of methoxy groups -OCH3 is 4. The van der Waals surface area contributed by atoms with Crippen molar-refractivity contribution in [1.82, 2.24) is 4.57 Å². The Bertz CT molecular complexity index is 1460. The maximum atomic E-state index is 12.7. The molecule has 0 bridgehead atoms. The van der Waals surface area contributed by atoms with E-state index in [4.69, 9.17) is 18.9 Å². The molecule has 1 N–H and O–H groups in total. The van der Waals surface area contributed by atoms with Gasteiger partial charge in [-0.25, -0.2) is 0 Å². The Labute approximate surface area is 216 Å². The van der Waals surface area contributed by atoms with Gasteiger partial charge in [0, 0.05) is 35.8 Å². The topological polar surface area (TPSA) is 71.0 Å². The van der Waals surface area contributed by atoms with Gasteiger partial charge in [0.05, 0.1) is 34.1 Å². The average molecular weight is 499 g/mol. The molecule has 0 fully saturated rings. The Kier molecular flexibility index (Phi) is 7.83. The molecule has 0 saturated heterocycles. The molecule has 190 valence electrons. The molecule has 0 spiro atoms. The lowest BCUT2D eigenvalue weighted by Crippen LogP contribution is -2.08.